The number of carbonyl (C=O) groups excluding carboxylic acids is 1. The van der Waals surface area contributed by atoms with Crippen LogP contribution in [-0.2, 0) is 9.53 Å². The molecule has 0 unspecified atom stereocenters. The van der Waals surface area contributed by atoms with Crippen LogP contribution in [0.25, 0.3) is 0 Å². The van der Waals surface area contributed by atoms with Gasteiger partial charge in [0.05, 0.1) is 0 Å². The molecule has 0 atom stereocenters. The lowest BCUT2D eigenvalue weighted by Crippen LogP contribution is -2.38. The van der Waals surface area contributed by atoms with E-state index in [9.17, 15) is 4.79 Å². The van der Waals surface area contributed by atoms with E-state index in [1.807, 2.05) is 13.8 Å². The summed E-state index contributed by atoms with van der Waals surface area (Å²) in [6.45, 7) is 10.1. The lowest BCUT2D eigenvalue weighted by Gasteiger charge is -2.32. The molecule has 1 saturated heterocycles. The standard InChI is InChI=1S/C15H30N2O2/c1-3-15(18)16-13-14-7-10-17(11-8-14)9-5-6-12-19-4-2/h14H,3-13H2,1-2H3,(H,16,18). The fourth-order valence-corrected chi connectivity index (χ4v) is 2.48. The molecule has 0 bridgehead atoms. The largest absolute Gasteiger partial charge is 0.382 e. The third kappa shape index (κ3) is 7.53. The van der Waals surface area contributed by atoms with E-state index >= 15 is 0 Å². The van der Waals surface area contributed by atoms with Gasteiger partial charge in [-0.3, -0.25) is 4.79 Å². The first-order valence-corrected chi connectivity index (χ1v) is 7.83. The summed E-state index contributed by atoms with van der Waals surface area (Å²) >= 11 is 0. The number of nitrogens with one attached hydrogen (secondary N) is 1. The number of hydrogen-bond donors (Lipinski definition) is 1. The summed E-state index contributed by atoms with van der Waals surface area (Å²) < 4.78 is 5.35. The van der Waals surface area contributed by atoms with E-state index in [2.05, 4.69) is 10.2 Å². The number of unbranched alkanes of at least 4 members (excludes halogenated alkanes) is 1. The molecule has 112 valence electrons. The maximum absolute atomic E-state index is 11.2. The van der Waals surface area contributed by atoms with Crippen LogP contribution in [0.2, 0.25) is 0 Å². The Labute approximate surface area is 117 Å². The number of likely N-dealkylation sites (tertiary alicyclic amines) is 1. The second-order valence-electron chi connectivity index (χ2n) is 5.35. The molecular weight excluding hydrogens is 240 g/mol. The number of piperidine rings is 1. The minimum atomic E-state index is 0.179. The van der Waals surface area contributed by atoms with Crippen molar-refractivity contribution in [2.75, 3.05) is 39.4 Å². The Hall–Kier alpha value is -0.610. The molecule has 1 rings (SSSR count). The van der Waals surface area contributed by atoms with Crippen molar-refractivity contribution in [1.29, 1.82) is 0 Å². The molecule has 4 heteroatoms. The Kier molecular flexibility index (Phi) is 8.84. The van der Waals surface area contributed by atoms with Gasteiger partial charge in [-0.2, -0.15) is 0 Å². The summed E-state index contributed by atoms with van der Waals surface area (Å²) in [5, 5.41) is 3.01. The highest BCUT2D eigenvalue weighted by Crippen LogP contribution is 2.16. The maximum Gasteiger partial charge on any atom is 0.219 e. The van der Waals surface area contributed by atoms with Crippen LogP contribution in [0.4, 0.5) is 0 Å². The Balaban J connectivity index is 2.00. The van der Waals surface area contributed by atoms with Crippen molar-refractivity contribution in [1.82, 2.24) is 10.2 Å². The van der Waals surface area contributed by atoms with Crippen molar-refractivity contribution in [3.63, 3.8) is 0 Å². The summed E-state index contributed by atoms with van der Waals surface area (Å²) in [4.78, 5) is 13.8. The average molecular weight is 270 g/mol. The van der Waals surface area contributed by atoms with Gasteiger partial charge in [0.25, 0.3) is 0 Å². The minimum absolute atomic E-state index is 0.179. The normalized spacial score (nSPS) is 17.6. The van der Waals surface area contributed by atoms with Crippen LogP contribution in [0.3, 0.4) is 0 Å². The first kappa shape index (κ1) is 16.4. The van der Waals surface area contributed by atoms with Crippen LogP contribution in [-0.4, -0.2) is 50.2 Å². The molecule has 0 aromatic carbocycles. The highest BCUT2D eigenvalue weighted by molar-refractivity contribution is 5.75. The predicted molar refractivity (Wildman–Crippen MR) is 78.2 cm³/mol. The summed E-state index contributed by atoms with van der Waals surface area (Å²) in [6.07, 6.45) is 5.43. The lowest BCUT2D eigenvalue weighted by atomic mass is 9.96. The van der Waals surface area contributed by atoms with Gasteiger partial charge in [-0.05, 0) is 58.2 Å². The van der Waals surface area contributed by atoms with Crippen LogP contribution in [0.15, 0.2) is 0 Å². The molecule has 1 heterocycles. The van der Waals surface area contributed by atoms with Crippen molar-refractivity contribution in [3.05, 3.63) is 0 Å². The van der Waals surface area contributed by atoms with Gasteiger partial charge >= 0.3 is 0 Å². The van der Waals surface area contributed by atoms with Crippen LogP contribution in [0, 0.1) is 5.92 Å². The number of ether oxygens (including phenoxy) is 1. The Morgan fingerprint density at radius 3 is 2.63 bits per heavy atom. The van der Waals surface area contributed by atoms with E-state index in [1.165, 1.54) is 45.3 Å². The molecule has 1 fully saturated rings. The Morgan fingerprint density at radius 2 is 2.00 bits per heavy atom. The van der Waals surface area contributed by atoms with Gasteiger partial charge < -0.3 is 15.0 Å². The topological polar surface area (TPSA) is 41.6 Å². The molecular formula is C15H30N2O2. The number of hydrogen-bond acceptors (Lipinski definition) is 3. The molecule has 4 nitrogen and oxygen atoms in total. The van der Waals surface area contributed by atoms with Crippen LogP contribution < -0.4 is 5.32 Å². The molecule has 1 aliphatic heterocycles. The van der Waals surface area contributed by atoms with Gasteiger partial charge in [0.2, 0.25) is 5.91 Å². The van der Waals surface area contributed by atoms with Gasteiger partial charge in [-0.25, -0.2) is 0 Å². The third-order valence-electron chi connectivity index (χ3n) is 3.83. The van der Waals surface area contributed by atoms with E-state index < -0.39 is 0 Å². The van der Waals surface area contributed by atoms with E-state index in [0.717, 1.165) is 19.8 Å². The predicted octanol–water partition coefficient (Wildman–Crippen LogP) is 2.04. The van der Waals surface area contributed by atoms with Crippen molar-refractivity contribution in [2.24, 2.45) is 5.92 Å². The highest BCUT2D eigenvalue weighted by atomic mass is 16.5. The molecule has 0 aromatic rings. The third-order valence-corrected chi connectivity index (χ3v) is 3.83. The molecule has 0 radical (unpaired) electrons. The summed E-state index contributed by atoms with van der Waals surface area (Å²) in [5.74, 6) is 0.855. The van der Waals surface area contributed by atoms with E-state index in [0.29, 0.717) is 12.3 Å². The number of amides is 1. The molecule has 0 spiro atoms. The second kappa shape index (κ2) is 10.2. The quantitative estimate of drug-likeness (QED) is 0.652. The van der Waals surface area contributed by atoms with Crippen LogP contribution >= 0.6 is 0 Å². The molecule has 0 aromatic heterocycles. The van der Waals surface area contributed by atoms with Gasteiger partial charge in [0.15, 0.2) is 0 Å². The molecule has 1 amide bonds. The number of rotatable bonds is 9. The number of nitrogens with zero attached hydrogens (tertiary/aromatic N) is 1. The average Bonchev–Trinajstić information content (AvgIpc) is 2.45. The van der Waals surface area contributed by atoms with E-state index in [-0.39, 0.29) is 5.91 Å². The van der Waals surface area contributed by atoms with E-state index in [1.54, 1.807) is 0 Å². The first-order chi connectivity index (χ1) is 9.26. The molecule has 19 heavy (non-hydrogen) atoms. The van der Waals surface area contributed by atoms with Gasteiger partial charge in [-0.1, -0.05) is 6.92 Å². The van der Waals surface area contributed by atoms with Crippen molar-refractivity contribution in [3.8, 4) is 0 Å². The smallest absolute Gasteiger partial charge is 0.219 e. The molecule has 1 aliphatic rings. The zero-order valence-corrected chi connectivity index (χ0v) is 12.6. The van der Waals surface area contributed by atoms with Gasteiger partial charge in [-0.15, -0.1) is 0 Å². The Bertz CT molecular complexity index is 238. The monoisotopic (exact) mass is 270 g/mol. The summed E-state index contributed by atoms with van der Waals surface area (Å²) in [5.41, 5.74) is 0. The highest BCUT2D eigenvalue weighted by Gasteiger charge is 2.18. The van der Waals surface area contributed by atoms with Gasteiger partial charge in [0.1, 0.15) is 0 Å². The van der Waals surface area contributed by atoms with Crippen molar-refractivity contribution < 1.29 is 9.53 Å². The maximum atomic E-state index is 11.2. The molecule has 1 N–H and O–H groups in total. The zero-order valence-electron chi connectivity index (χ0n) is 12.6. The Morgan fingerprint density at radius 1 is 1.26 bits per heavy atom. The summed E-state index contributed by atoms with van der Waals surface area (Å²) in [6, 6.07) is 0. The summed E-state index contributed by atoms with van der Waals surface area (Å²) in [7, 11) is 0. The zero-order chi connectivity index (χ0) is 13.9. The van der Waals surface area contributed by atoms with Crippen molar-refractivity contribution >= 4 is 5.91 Å². The first-order valence-electron chi connectivity index (χ1n) is 7.83. The number of carbonyl (C=O) groups is 1. The SMILES string of the molecule is CCOCCCCN1CCC(CNC(=O)CC)CC1. The second-order valence-corrected chi connectivity index (χ2v) is 5.35. The lowest BCUT2D eigenvalue weighted by molar-refractivity contribution is -0.121. The van der Waals surface area contributed by atoms with Crippen LogP contribution in [0.1, 0.15) is 46.0 Å². The van der Waals surface area contributed by atoms with Crippen LogP contribution in [0.5, 0.6) is 0 Å². The molecule has 0 saturated carbocycles. The fourth-order valence-electron chi connectivity index (χ4n) is 2.48. The molecule has 0 aliphatic carbocycles. The van der Waals surface area contributed by atoms with Gasteiger partial charge in [0, 0.05) is 26.2 Å². The van der Waals surface area contributed by atoms with Crippen molar-refractivity contribution in [2.45, 2.75) is 46.0 Å². The van der Waals surface area contributed by atoms with E-state index in [4.69, 9.17) is 4.74 Å². The minimum Gasteiger partial charge on any atom is -0.382 e. The fraction of sp³-hybridized carbons (Fsp3) is 0.933.